The molecule has 368 valence electrons. The number of esters is 3. The molecule has 6 heteroatoms. The minimum atomic E-state index is -0.762. The van der Waals surface area contributed by atoms with Gasteiger partial charge in [-0.1, -0.05) is 272 Å². The van der Waals surface area contributed by atoms with Crippen molar-refractivity contribution in [1.29, 1.82) is 0 Å². The van der Waals surface area contributed by atoms with E-state index in [0.717, 1.165) is 69.6 Å². The Hall–Kier alpha value is -1.59. The van der Waals surface area contributed by atoms with Crippen LogP contribution < -0.4 is 0 Å². The van der Waals surface area contributed by atoms with Crippen LogP contribution in [0.15, 0.2) is 0 Å². The summed E-state index contributed by atoms with van der Waals surface area (Å²) in [7, 11) is 0. The van der Waals surface area contributed by atoms with Crippen LogP contribution in [0.3, 0.4) is 0 Å². The highest BCUT2D eigenvalue weighted by Gasteiger charge is 2.19. The number of carbonyl (C=O) groups is 3. The number of hydrogen-bond donors (Lipinski definition) is 0. The number of unbranched alkanes of at least 4 members (excludes halogenated alkanes) is 35. The monoisotopic (exact) mass is 877 g/mol. The first kappa shape index (κ1) is 60.4. The number of carbonyl (C=O) groups excluding carboxylic acids is 3. The van der Waals surface area contributed by atoms with Crippen molar-refractivity contribution in [2.24, 2.45) is 11.8 Å². The summed E-state index contributed by atoms with van der Waals surface area (Å²) in [6, 6.07) is 0. The van der Waals surface area contributed by atoms with E-state index in [1.54, 1.807) is 0 Å². The van der Waals surface area contributed by atoms with Crippen molar-refractivity contribution in [3.05, 3.63) is 0 Å². The van der Waals surface area contributed by atoms with E-state index >= 15 is 0 Å². The predicted molar refractivity (Wildman–Crippen MR) is 266 cm³/mol. The summed E-state index contributed by atoms with van der Waals surface area (Å²) in [5.74, 6) is 0.790. The second-order valence-electron chi connectivity index (χ2n) is 20.2. The van der Waals surface area contributed by atoms with Crippen LogP contribution in [-0.4, -0.2) is 37.2 Å². The standard InChI is InChI=1S/C56H108O6/c1-6-7-8-9-10-11-12-13-14-15-16-19-22-25-31-36-41-46-54(57)60-49-53(50-61-55(58)47-42-37-32-28-27-30-35-40-45-52(4)5)62-56(59)48-43-38-33-26-23-20-17-18-21-24-29-34-39-44-51(2)3/h51-53H,6-50H2,1-5H3/t53-/m0/s1. The van der Waals surface area contributed by atoms with Gasteiger partial charge < -0.3 is 14.2 Å². The normalized spacial score (nSPS) is 12.0. The number of ether oxygens (including phenoxy) is 3. The van der Waals surface area contributed by atoms with Crippen LogP contribution in [0.4, 0.5) is 0 Å². The van der Waals surface area contributed by atoms with E-state index in [1.165, 1.54) is 199 Å². The zero-order chi connectivity index (χ0) is 45.4. The lowest BCUT2D eigenvalue weighted by Crippen LogP contribution is -2.30. The Bertz CT molecular complexity index is 947. The van der Waals surface area contributed by atoms with Gasteiger partial charge in [-0.3, -0.25) is 14.4 Å². The average molecular weight is 877 g/mol. The van der Waals surface area contributed by atoms with E-state index in [0.29, 0.717) is 19.3 Å². The van der Waals surface area contributed by atoms with Crippen molar-refractivity contribution >= 4 is 17.9 Å². The summed E-state index contributed by atoms with van der Waals surface area (Å²) in [6.45, 7) is 11.4. The SMILES string of the molecule is CCCCCCCCCCCCCCCCCCCC(=O)OC[C@@H](COC(=O)CCCCCCCCCCC(C)C)OC(=O)CCCCCCCCCCCCCCCC(C)C. The zero-order valence-electron chi connectivity index (χ0n) is 42.5. The van der Waals surface area contributed by atoms with Gasteiger partial charge in [-0.05, 0) is 31.1 Å². The van der Waals surface area contributed by atoms with Crippen LogP contribution in [0, 0.1) is 11.8 Å². The van der Waals surface area contributed by atoms with Gasteiger partial charge in [0.05, 0.1) is 0 Å². The van der Waals surface area contributed by atoms with E-state index in [-0.39, 0.29) is 31.1 Å². The predicted octanol–water partition coefficient (Wildman–Crippen LogP) is 18.1. The molecule has 1 atom stereocenters. The first-order chi connectivity index (χ1) is 30.2. The van der Waals surface area contributed by atoms with Crippen molar-refractivity contribution in [1.82, 2.24) is 0 Å². The highest BCUT2D eigenvalue weighted by atomic mass is 16.6. The van der Waals surface area contributed by atoms with Crippen LogP contribution in [0.1, 0.15) is 311 Å². The van der Waals surface area contributed by atoms with Gasteiger partial charge in [-0.25, -0.2) is 0 Å². The average Bonchev–Trinajstić information content (AvgIpc) is 3.24. The fourth-order valence-electron chi connectivity index (χ4n) is 8.52. The second kappa shape index (κ2) is 48.9. The van der Waals surface area contributed by atoms with Crippen molar-refractivity contribution in [3.63, 3.8) is 0 Å². The van der Waals surface area contributed by atoms with Crippen molar-refractivity contribution in [3.8, 4) is 0 Å². The molecule has 62 heavy (non-hydrogen) atoms. The molecule has 0 aliphatic carbocycles. The molecule has 0 spiro atoms. The zero-order valence-corrected chi connectivity index (χ0v) is 42.5. The third-order valence-electron chi connectivity index (χ3n) is 12.7. The molecule has 0 amide bonds. The van der Waals surface area contributed by atoms with Gasteiger partial charge in [0, 0.05) is 19.3 Å². The highest BCUT2D eigenvalue weighted by molar-refractivity contribution is 5.71. The lowest BCUT2D eigenvalue weighted by atomic mass is 10.0. The van der Waals surface area contributed by atoms with Gasteiger partial charge in [-0.2, -0.15) is 0 Å². The van der Waals surface area contributed by atoms with E-state index in [9.17, 15) is 14.4 Å². The van der Waals surface area contributed by atoms with Crippen LogP contribution in [-0.2, 0) is 28.6 Å². The van der Waals surface area contributed by atoms with E-state index in [1.807, 2.05) is 0 Å². The summed E-state index contributed by atoms with van der Waals surface area (Å²) in [6.07, 6.45) is 51.0. The summed E-state index contributed by atoms with van der Waals surface area (Å²) in [4.78, 5) is 38.0. The molecule has 0 unspecified atom stereocenters. The van der Waals surface area contributed by atoms with Gasteiger partial charge in [0.25, 0.3) is 0 Å². The van der Waals surface area contributed by atoms with Gasteiger partial charge in [-0.15, -0.1) is 0 Å². The fourth-order valence-corrected chi connectivity index (χ4v) is 8.52. The molecule has 0 fully saturated rings. The first-order valence-electron chi connectivity index (χ1n) is 27.7. The molecule has 0 aliphatic heterocycles. The fraction of sp³-hybridized carbons (Fsp3) is 0.946. The van der Waals surface area contributed by atoms with Crippen LogP contribution >= 0.6 is 0 Å². The van der Waals surface area contributed by atoms with Crippen LogP contribution in [0.2, 0.25) is 0 Å². The summed E-state index contributed by atoms with van der Waals surface area (Å²) >= 11 is 0. The van der Waals surface area contributed by atoms with Gasteiger partial charge in [0.1, 0.15) is 13.2 Å². The Morgan fingerprint density at radius 3 is 0.790 bits per heavy atom. The Labute approximate surface area is 387 Å². The maximum absolute atomic E-state index is 12.8. The maximum atomic E-state index is 12.8. The smallest absolute Gasteiger partial charge is 0.306 e. The minimum Gasteiger partial charge on any atom is -0.462 e. The molecule has 0 aliphatic rings. The van der Waals surface area contributed by atoms with E-state index in [2.05, 4.69) is 34.6 Å². The Morgan fingerprint density at radius 1 is 0.306 bits per heavy atom. The summed E-state index contributed by atoms with van der Waals surface area (Å²) < 4.78 is 16.8. The second-order valence-corrected chi connectivity index (χ2v) is 20.2. The molecule has 0 saturated heterocycles. The largest absolute Gasteiger partial charge is 0.462 e. The molecule has 0 heterocycles. The number of hydrogen-bond acceptors (Lipinski definition) is 6. The molecule has 0 saturated carbocycles. The molecule has 0 aromatic carbocycles. The Morgan fingerprint density at radius 2 is 0.532 bits per heavy atom. The molecule has 0 bridgehead atoms. The maximum Gasteiger partial charge on any atom is 0.306 e. The Kier molecular flexibility index (Phi) is 47.6. The first-order valence-corrected chi connectivity index (χ1v) is 27.7. The molecule has 0 aromatic heterocycles. The minimum absolute atomic E-state index is 0.0634. The van der Waals surface area contributed by atoms with Gasteiger partial charge in [0.2, 0.25) is 0 Å². The topological polar surface area (TPSA) is 78.9 Å². The summed E-state index contributed by atoms with van der Waals surface area (Å²) in [5.41, 5.74) is 0. The van der Waals surface area contributed by atoms with Gasteiger partial charge in [0.15, 0.2) is 6.10 Å². The molecular formula is C56H108O6. The molecule has 6 nitrogen and oxygen atoms in total. The molecular weight excluding hydrogens is 769 g/mol. The van der Waals surface area contributed by atoms with Gasteiger partial charge >= 0.3 is 17.9 Å². The summed E-state index contributed by atoms with van der Waals surface area (Å²) in [5, 5.41) is 0. The molecule has 0 N–H and O–H groups in total. The van der Waals surface area contributed by atoms with Crippen LogP contribution in [0.5, 0.6) is 0 Å². The Balaban J connectivity index is 4.28. The van der Waals surface area contributed by atoms with E-state index < -0.39 is 6.10 Å². The van der Waals surface area contributed by atoms with Crippen molar-refractivity contribution < 1.29 is 28.6 Å². The third-order valence-corrected chi connectivity index (χ3v) is 12.7. The highest BCUT2D eigenvalue weighted by Crippen LogP contribution is 2.18. The van der Waals surface area contributed by atoms with Crippen molar-refractivity contribution in [2.75, 3.05) is 13.2 Å². The molecule has 0 radical (unpaired) electrons. The van der Waals surface area contributed by atoms with Crippen molar-refractivity contribution in [2.45, 2.75) is 317 Å². The number of rotatable bonds is 50. The van der Waals surface area contributed by atoms with E-state index in [4.69, 9.17) is 14.2 Å². The van der Waals surface area contributed by atoms with Crippen LogP contribution in [0.25, 0.3) is 0 Å². The quantitative estimate of drug-likeness (QED) is 0.0344. The molecule has 0 aromatic rings. The lowest BCUT2D eigenvalue weighted by molar-refractivity contribution is -0.167. The molecule has 0 rings (SSSR count). The third kappa shape index (κ3) is 49.4. The lowest BCUT2D eigenvalue weighted by Gasteiger charge is -2.18.